The Morgan fingerprint density at radius 1 is 1.05 bits per heavy atom. The van der Waals surface area contributed by atoms with Crippen LogP contribution in [0.3, 0.4) is 0 Å². The number of nitrogens with zero attached hydrogens (tertiary/aromatic N) is 3. The van der Waals surface area contributed by atoms with Gasteiger partial charge in [-0.05, 0) is 79.5 Å². The second kappa shape index (κ2) is 10.6. The predicted molar refractivity (Wildman–Crippen MR) is 138 cm³/mol. The molecule has 3 aliphatic rings. The van der Waals surface area contributed by atoms with Crippen LogP contribution in [-0.2, 0) is 21.0 Å². The first-order valence-electron chi connectivity index (χ1n) is 13.4. The zero-order valence-corrected chi connectivity index (χ0v) is 23.6. The van der Waals surface area contributed by atoms with E-state index in [1.165, 1.54) is 11.4 Å². The molecule has 1 N–H and O–H groups in total. The van der Waals surface area contributed by atoms with Gasteiger partial charge in [0.2, 0.25) is 15.9 Å². The lowest BCUT2D eigenvalue weighted by molar-refractivity contribution is -0.140. The summed E-state index contributed by atoms with van der Waals surface area (Å²) in [5.41, 5.74) is -1.21. The van der Waals surface area contributed by atoms with Crippen molar-refractivity contribution in [1.82, 2.24) is 14.1 Å². The fourth-order valence-corrected chi connectivity index (χ4v) is 7.54. The van der Waals surface area contributed by atoms with E-state index in [1.54, 1.807) is 0 Å². The standard InChI is InChI=1S/C27H38F3N3O5S/c1-26(2,3)13-23(31(4)25(35)36)24(34)33(14-17-5-6-17)22-12-7-18-15-32(16-21(18)22)39(37,38)20-10-8-19(9-11-20)27(28,29)30/h8-11,17-18,21-23H,5-7,12-16H2,1-4H3,(H,35,36)/t18-,21+,22+,23+/m1/s1. The number of rotatable bonds is 8. The highest BCUT2D eigenvalue weighted by Crippen LogP contribution is 2.44. The van der Waals surface area contributed by atoms with Gasteiger partial charge in [-0.3, -0.25) is 9.69 Å². The number of alkyl halides is 3. The van der Waals surface area contributed by atoms with Gasteiger partial charge in [0.15, 0.2) is 0 Å². The summed E-state index contributed by atoms with van der Waals surface area (Å²) in [6.45, 7) is 6.82. The van der Waals surface area contributed by atoms with Crippen LogP contribution < -0.4 is 0 Å². The molecule has 2 aliphatic carbocycles. The highest BCUT2D eigenvalue weighted by atomic mass is 32.2. The molecule has 39 heavy (non-hydrogen) atoms. The monoisotopic (exact) mass is 573 g/mol. The number of hydrogen-bond donors (Lipinski definition) is 1. The second-order valence-corrected chi connectivity index (χ2v) is 14.5. The number of likely N-dealkylation sites (N-methyl/N-ethyl adjacent to an activating group) is 1. The Morgan fingerprint density at radius 3 is 2.18 bits per heavy atom. The Kier molecular flexibility index (Phi) is 8.03. The maximum atomic E-state index is 14.0. The predicted octanol–water partition coefficient (Wildman–Crippen LogP) is 4.76. The fourth-order valence-electron chi connectivity index (χ4n) is 6.01. The van der Waals surface area contributed by atoms with Crippen molar-refractivity contribution in [3.8, 4) is 0 Å². The summed E-state index contributed by atoms with van der Waals surface area (Å²) >= 11 is 0. The summed E-state index contributed by atoms with van der Waals surface area (Å²) < 4.78 is 66.9. The van der Waals surface area contributed by atoms with Crippen molar-refractivity contribution in [1.29, 1.82) is 0 Å². The van der Waals surface area contributed by atoms with E-state index in [-0.39, 0.29) is 47.2 Å². The van der Waals surface area contributed by atoms with Gasteiger partial charge in [-0.15, -0.1) is 0 Å². The molecule has 1 saturated heterocycles. The van der Waals surface area contributed by atoms with Crippen LogP contribution in [0.2, 0.25) is 0 Å². The molecule has 3 fully saturated rings. The van der Waals surface area contributed by atoms with Crippen molar-refractivity contribution < 1.29 is 36.3 Å². The van der Waals surface area contributed by atoms with Gasteiger partial charge in [-0.1, -0.05) is 20.8 Å². The Balaban J connectivity index is 1.56. The van der Waals surface area contributed by atoms with E-state index in [1.807, 2.05) is 25.7 Å². The van der Waals surface area contributed by atoms with Crippen LogP contribution in [0.4, 0.5) is 18.0 Å². The molecule has 0 spiro atoms. The molecule has 0 radical (unpaired) electrons. The fraction of sp³-hybridized carbons (Fsp3) is 0.704. The third-order valence-corrected chi connectivity index (χ3v) is 10.1. The first kappa shape index (κ1) is 29.6. The van der Waals surface area contributed by atoms with Gasteiger partial charge in [0.1, 0.15) is 6.04 Å². The highest BCUT2D eigenvalue weighted by Gasteiger charge is 2.51. The average molecular weight is 574 g/mol. The molecule has 0 aromatic heterocycles. The maximum absolute atomic E-state index is 14.0. The number of fused-ring (bicyclic) bond motifs is 1. The van der Waals surface area contributed by atoms with Gasteiger partial charge in [-0.25, -0.2) is 13.2 Å². The van der Waals surface area contributed by atoms with Gasteiger partial charge < -0.3 is 10.0 Å². The van der Waals surface area contributed by atoms with Gasteiger partial charge in [0, 0.05) is 32.7 Å². The van der Waals surface area contributed by atoms with E-state index in [0.717, 1.165) is 48.4 Å². The third-order valence-electron chi connectivity index (χ3n) is 8.30. The van der Waals surface area contributed by atoms with Gasteiger partial charge >= 0.3 is 12.3 Å². The highest BCUT2D eigenvalue weighted by molar-refractivity contribution is 7.89. The third kappa shape index (κ3) is 6.53. The van der Waals surface area contributed by atoms with Crippen LogP contribution in [-0.4, -0.2) is 78.4 Å². The molecule has 8 nitrogen and oxygen atoms in total. The molecule has 0 unspecified atom stereocenters. The minimum atomic E-state index is -4.56. The molecule has 1 aromatic rings. The quantitative estimate of drug-likeness (QED) is 0.484. The van der Waals surface area contributed by atoms with Gasteiger partial charge in [-0.2, -0.15) is 17.5 Å². The summed E-state index contributed by atoms with van der Waals surface area (Å²) in [6, 6.07) is 2.46. The molecule has 1 heterocycles. The van der Waals surface area contributed by atoms with Crippen molar-refractivity contribution in [3.63, 3.8) is 0 Å². The normalized spacial score (nSPS) is 24.8. The molecular formula is C27H38F3N3O5S. The van der Waals surface area contributed by atoms with E-state index in [2.05, 4.69) is 0 Å². The smallest absolute Gasteiger partial charge is 0.416 e. The van der Waals surface area contributed by atoms with Crippen molar-refractivity contribution in [3.05, 3.63) is 29.8 Å². The van der Waals surface area contributed by atoms with Crippen LogP contribution in [0.15, 0.2) is 29.2 Å². The molecule has 2 saturated carbocycles. The lowest BCUT2D eigenvalue weighted by Gasteiger charge is -2.39. The molecule has 1 aromatic carbocycles. The second-order valence-electron chi connectivity index (χ2n) is 12.5. The lowest BCUT2D eigenvalue weighted by Crippen LogP contribution is -2.55. The van der Waals surface area contributed by atoms with Crippen LogP contribution in [0, 0.1) is 23.2 Å². The lowest BCUT2D eigenvalue weighted by atomic mass is 9.86. The van der Waals surface area contributed by atoms with E-state index in [0.29, 0.717) is 25.3 Å². The summed E-state index contributed by atoms with van der Waals surface area (Å²) in [4.78, 5) is 28.6. The number of halogens is 3. The summed E-state index contributed by atoms with van der Waals surface area (Å²) in [5.74, 6) is 0.0116. The Hall–Kier alpha value is -2.34. The first-order chi connectivity index (χ1) is 18.0. The van der Waals surface area contributed by atoms with E-state index < -0.39 is 33.9 Å². The van der Waals surface area contributed by atoms with Crippen LogP contribution in [0.25, 0.3) is 0 Å². The first-order valence-corrected chi connectivity index (χ1v) is 14.9. The molecule has 12 heteroatoms. The average Bonchev–Trinajstić information content (AvgIpc) is 3.41. The van der Waals surface area contributed by atoms with Gasteiger partial charge in [0.05, 0.1) is 10.5 Å². The zero-order chi connectivity index (χ0) is 28.9. The number of amides is 2. The van der Waals surface area contributed by atoms with Crippen molar-refractivity contribution in [2.24, 2.45) is 23.2 Å². The Morgan fingerprint density at radius 2 is 1.67 bits per heavy atom. The summed E-state index contributed by atoms with van der Waals surface area (Å²) in [7, 11) is -2.60. The minimum Gasteiger partial charge on any atom is -0.465 e. The Labute approximate surface area is 228 Å². The molecule has 0 bridgehead atoms. The molecule has 4 atom stereocenters. The van der Waals surface area contributed by atoms with Gasteiger partial charge in [0.25, 0.3) is 0 Å². The topological polar surface area (TPSA) is 98.2 Å². The van der Waals surface area contributed by atoms with E-state index in [9.17, 15) is 36.3 Å². The minimum absolute atomic E-state index is 0.0204. The number of benzene rings is 1. The van der Waals surface area contributed by atoms with Crippen molar-refractivity contribution >= 4 is 22.0 Å². The Bertz CT molecular complexity index is 1180. The molecule has 1 aliphatic heterocycles. The molecule has 218 valence electrons. The number of hydrogen-bond acceptors (Lipinski definition) is 4. The van der Waals surface area contributed by atoms with E-state index >= 15 is 0 Å². The maximum Gasteiger partial charge on any atom is 0.416 e. The number of carboxylic acid groups (broad SMARTS) is 1. The number of carbonyl (C=O) groups is 2. The number of carbonyl (C=O) groups excluding carboxylic acids is 1. The van der Waals surface area contributed by atoms with E-state index in [4.69, 9.17) is 0 Å². The largest absolute Gasteiger partial charge is 0.465 e. The van der Waals surface area contributed by atoms with Crippen molar-refractivity contribution in [2.45, 2.75) is 76.0 Å². The van der Waals surface area contributed by atoms with Crippen LogP contribution in [0.5, 0.6) is 0 Å². The summed E-state index contributed by atoms with van der Waals surface area (Å²) in [6.07, 6.45) is -1.96. The van der Waals surface area contributed by atoms with Crippen LogP contribution in [0.1, 0.15) is 58.4 Å². The van der Waals surface area contributed by atoms with Crippen LogP contribution >= 0.6 is 0 Å². The zero-order valence-electron chi connectivity index (χ0n) is 22.8. The number of sulfonamides is 1. The molecule has 2 amide bonds. The summed E-state index contributed by atoms with van der Waals surface area (Å²) in [5, 5.41) is 9.70. The SMILES string of the molecule is CN(C(=O)O)[C@@H](CC(C)(C)C)C(=O)N(CC1CC1)[C@H]1CC[C@@H]2CN(S(=O)(=O)c3ccc(C(F)(F)F)cc3)C[C@@H]21. The van der Waals surface area contributed by atoms with Crippen molar-refractivity contribution in [2.75, 3.05) is 26.7 Å². The molecule has 4 rings (SSSR count). The molecular weight excluding hydrogens is 535 g/mol.